The number of aryl methyl sites for hydroxylation is 1. The molecule has 5 atom stereocenters. The maximum absolute atomic E-state index is 12.8. The molecule has 1 heterocycles. The van der Waals surface area contributed by atoms with Gasteiger partial charge in [-0.25, -0.2) is 9.59 Å². The van der Waals surface area contributed by atoms with E-state index in [1.54, 1.807) is 32.3 Å². The van der Waals surface area contributed by atoms with Crippen LogP contribution in [-0.2, 0) is 25.5 Å². The van der Waals surface area contributed by atoms with Crippen molar-refractivity contribution in [2.24, 2.45) is 17.3 Å². The summed E-state index contributed by atoms with van der Waals surface area (Å²) in [5.74, 6) is 0.554. The Morgan fingerprint density at radius 2 is 1.70 bits per heavy atom. The lowest BCUT2D eigenvalue weighted by Gasteiger charge is -2.54. The van der Waals surface area contributed by atoms with E-state index in [0.29, 0.717) is 23.5 Å². The van der Waals surface area contributed by atoms with E-state index in [-0.39, 0.29) is 29.4 Å². The van der Waals surface area contributed by atoms with Crippen LogP contribution in [0.25, 0.3) is 0 Å². The summed E-state index contributed by atoms with van der Waals surface area (Å²) in [6, 6.07) is 0. The maximum Gasteiger partial charge on any atom is 0.334 e. The van der Waals surface area contributed by atoms with Crippen LogP contribution in [0.2, 0.25) is 0 Å². The smallest absolute Gasteiger partial charge is 0.334 e. The van der Waals surface area contributed by atoms with Crippen molar-refractivity contribution in [1.82, 2.24) is 0 Å². The van der Waals surface area contributed by atoms with Crippen molar-refractivity contribution in [2.45, 2.75) is 79.9 Å². The van der Waals surface area contributed by atoms with Crippen LogP contribution in [0.1, 0.15) is 77.4 Å². The van der Waals surface area contributed by atoms with Gasteiger partial charge < -0.3 is 13.9 Å². The molecule has 0 N–H and O–H groups in total. The van der Waals surface area contributed by atoms with Gasteiger partial charge in [-0.2, -0.15) is 0 Å². The van der Waals surface area contributed by atoms with Crippen LogP contribution in [0.4, 0.5) is 0 Å². The van der Waals surface area contributed by atoms with Crippen molar-refractivity contribution in [3.8, 4) is 0 Å². The lowest BCUT2D eigenvalue weighted by atomic mass is 9.53. The molecule has 0 saturated heterocycles. The summed E-state index contributed by atoms with van der Waals surface area (Å²) in [5, 5.41) is 0. The molecule has 0 aliphatic heterocycles. The molecule has 0 bridgehead atoms. The minimum absolute atomic E-state index is 0.0108. The second-order valence-corrected chi connectivity index (χ2v) is 9.08. The summed E-state index contributed by atoms with van der Waals surface area (Å²) in [4.78, 5) is 25.3. The summed E-state index contributed by atoms with van der Waals surface area (Å²) in [6.45, 7) is 13.6. The zero-order chi connectivity index (χ0) is 22.2. The topological polar surface area (TPSA) is 65.7 Å². The van der Waals surface area contributed by atoms with Crippen molar-refractivity contribution in [3.05, 3.63) is 46.4 Å². The zero-order valence-corrected chi connectivity index (χ0v) is 19.2. The molecule has 0 radical (unpaired) electrons. The molecule has 0 amide bonds. The monoisotopic (exact) mass is 414 g/mol. The first-order chi connectivity index (χ1) is 14.1. The van der Waals surface area contributed by atoms with Crippen molar-refractivity contribution in [3.63, 3.8) is 0 Å². The van der Waals surface area contributed by atoms with Gasteiger partial charge in [0, 0.05) is 34.5 Å². The quantitative estimate of drug-likeness (QED) is 0.472. The highest BCUT2D eigenvalue weighted by atomic mass is 16.6. The number of furan rings is 1. The molecular weight excluding hydrogens is 380 g/mol. The largest absolute Gasteiger partial charge is 0.469 e. The zero-order valence-electron chi connectivity index (χ0n) is 19.2. The van der Waals surface area contributed by atoms with Gasteiger partial charge in [-0.3, -0.25) is 0 Å². The number of carbonyl (C=O) groups excluding carboxylic acids is 2. The Bertz CT molecular complexity index is 889. The highest BCUT2D eigenvalue weighted by Gasteiger charge is 2.58. The number of hydrogen-bond donors (Lipinski definition) is 0. The molecule has 164 valence electrons. The Labute approximate surface area is 179 Å². The molecule has 0 aromatic carbocycles. The normalized spacial score (nSPS) is 31.6. The minimum atomic E-state index is -0.438. The van der Waals surface area contributed by atoms with E-state index in [9.17, 15) is 9.59 Å². The first-order valence-corrected chi connectivity index (χ1v) is 10.9. The molecule has 1 aromatic rings. The van der Waals surface area contributed by atoms with E-state index in [4.69, 9.17) is 13.9 Å². The third-order valence-corrected chi connectivity index (χ3v) is 7.52. The van der Waals surface area contributed by atoms with Crippen LogP contribution >= 0.6 is 0 Å². The van der Waals surface area contributed by atoms with Gasteiger partial charge in [0.2, 0.25) is 0 Å². The van der Waals surface area contributed by atoms with Gasteiger partial charge >= 0.3 is 11.9 Å². The lowest BCUT2D eigenvalue weighted by Crippen LogP contribution is -2.54. The number of hydrogen-bond acceptors (Lipinski definition) is 5. The molecule has 1 aromatic heterocycles. The van der Waals surface area contributed by atoms with Gasteiger partial charge in [0.15, 0.2) is 0 Å². The van der Waals surface area contributed by atoms with Crippen LogP contribution in [-0.4, -0.2) is 18.0 Å². The Kier molecular flexibility index (Phi) is 6.30. The first kappa shape index (κ1) is 22.4. The summed E-state index contributed by atoms with van der Waals surface area (Å²) in [6.07, 6.45) is 6.98. The van der Waals surface area contributed by atoms with Crippen LogP contribution < -0.4 is 0 Å². The lowest BCUT2D eigenvalue weighted by molar-refractivity contribution is -0.185. The maximum atomic E-state index is 12.8. The van der Waals surface area contributed by atoms with E-state index >= 15 is 0 Å². The highest BCUT2D eigenvalue weighted by molar-refractivity contribution is 5.88. The highest BCUT2D eigenvalue weighted by Crippen LogP contribution is 2.60. The molecule has 5 nitrogen and oxygen atoms in total. The third kappa shape index (κ3) is 3.63. The summed E-state index contributed by atoms with van der Waals surface area (Å²) in [7, 11) is 0. The molecule has 30 heavy (non-hydrogen) atoms. The fourth-order valence-corrected chi connectivity index (χ4v) is 5.02. The Morgan fingerprint density at radius 1 is 1.10 bits per heavy atom. The molecular formula is C25H34O5. The summed E-state index contributed by atoms with van der Waals surface area (Å²) < 4.78 is 18.0. The fraction of sp³-hybridized carbons (Fsp3) is 0.600. The fourth-order valence-electron chi connectivity index (χ4n) is 5.02. The molecule has 5 unspecified atom stereocenters. The predicted molar refractivity (Wildman–Crippen MR) is 115 cm³/mol. The Balaban J connectivity index is 2.04. The van der Waals surface area contributed by atoms with E-state index in [0.717, 1.165) is 29.7 Å². The Hall–Kier alpha value is -2.30. The number of rotatable bonds is 4. The number of allylic oxidation sites excluding steroid dienone is 2. The molecule has 0 spiro atoms. The van der Waals surface area contributed by atoms with Gasteiger partial charge in [-0.05, 0) is 58.9 Å². The third-order valence-electron chi connectivity index (χ3n) is 7.52. The van der Waals surface area contributed by atoms with Gasteiger partial charge in [-0.15, -0.1) is 0 Å². The minimum Gasteiger partial charge on any atom is -0.469 e. The van der Waals surface area contributed by atoms with Crippen LogP contribution in [0.15, 0.2) is 34.0 Å². The molecule has 2 aliphatic carbocycles. The van der Waals surface area contributed by atoms with Gasteiger partial charge in [0.05, 0.1) is 6.26 Å². The number of esters is 2. The number of carbonyl (C=O) groups is 2. The predicted octanol–water partition coefficient (Wildman–Crippen LogP) is 5.63. The van der Waals surface area contributed by atoms with E-state index < -0.39 is 6.10 Å². The van der Waals surface area contributed by atoms with Crippen molar-refractivity contribution in [1.29, 1.82) is 0 Å². The molecule has 1 saturated carbocycles. The van der Waals surface area contributed by atoms with Crippen molar-refractivity contribution >= 4 is 11.9 Å². The van der Waals surface area contributed by atoms with Gasteiger partial charge in [0.25, 0.3) is 0 Å². The average molecular weight is 415 g/mol. The van der Waals surface area contributed by atoms with Crippen LogP contribution in [0, 0.1) is 24.2 Å². The van der Waals surface area contributed by atoms with Crippen LogP contribution in [0.3, 0.4) is 0 Å². The molecule has 3 rings (SSSR count). The second kappa shape index (κ2) is 8.44. The summed E-state index contributed by atoms with van der Waals surface area (Å²) in [5.41, 5.74) is 2.80. The SMILES string of the molecule is CC=C(C)C(=O)OC1CCC(C)C2(C)C(OC(=O)C(C)=CC)c3c(C)coc3CC12. The molecule has 1 fully saturated rings. The van der Waals surface area contributed by atoms with E-state index in [1.807, 2.05) is 20.8 Å². The standard InChI is InChI=1S/C25H34O5/c1-8-14(3)23(26)29-19-11-10-17(6)25(7)18(19)12-20-21(16(5)13-28-20)22(25)30-24(27)15(4)9-2/h8-9,13,17-19,22H,10-12H2,1-7H3. The number of ether oxygens (including phenoxy) is 2. The molecule has 2 aliphatic rings. The van der Waals surface area contributed by atoms with E-state index in [2.05, 4.69) is 13.8 Å². The summed E-state index contributed by atoms with van der Waals surface area (Å²) >= 11 is 0. The first-order valence-electron chi connectivity index (χ1n) is 10.9. The van der Waals surface area contributed by atoms with E-state index in [1.165, 1.54) is 0 Å². The number of fused-ring (bicyclic) bond motifs is 2. The van der Waals surface area contributed by atoms with Gasteiger partial charge in [0.1, 0.15) is 18.0 Å². The Morgan fingerprint density at radius 3 is 2.30 bits per heavy atom. The second-order valence-electron chi connectivity index (χ2n) is 9.08. The molecule has 5 heteroatoms. The van der Waals surface area contributed by atoms with Gasteiger partial charge in [-0.1, -0.05) is 26.0 Å². The van der Waals surface area contributed by atoms with Crippen molar-refractivity contribution in [2.75, 3.05) is 0 Å². The average Bonchev–Trinajstić information content (AvgIpc) is 3.10. The van der Waals surface area contributed by atoms with Crippen molar-refractivity contribution < 1.29 is 23.5 Å². The van der Waals surface area contributed by atoms with Crippen LogP contribution in [0.5, 0.6) is 0 Å².